The summed E-state index contributed by atoms with van der Waals surface area (Å²) in [5.41, 5.74) is 9.92. The molecule has 1 unspecified atom stereocenters. The first-order chi connectivity index (χ1) is 11.7. The van der Waals surface area contributed by atoms with Crippen LogP contribution in [-0.2, 0) is 12.8 Å². The van der Waals surface area contributed by atoms with Gasteiger partial charge in [0.2, 0.25) is 11.9 Å². The van der Waals surface area contributed by atoms with Crippen molar-refractivity contribution >= 4 is 11.9 Å². The van der Waals surface area contributed by atoms with Crippen molar-refractivity contribution in [3.05, 3.63) is 41.1 Å². The number of carbonyl (C=O) groups excluding carboxylic acids is 1. The molecule has 6 nitrogen and oxygen atoms in total. The monoisotopic (exact) mass is 319 g/mol. The van der Waals surface area contributed by atoms with E-state index in [4.69, 9.17) is 15.7 Å². The molecule has 0 spiro atoms. The maximum atomic E-state index is 11.3. The molecule has 2 aliphatic rings. The van der Waals surface area contributed by atoms with Gasteiger partial charge < -0.3 is 10.6 Å². The predicted molar refractivity (Wildman–Crippen MR) is 89.4 cm³/mol. The fraction of sp³-hybridized carbons (Fsp3) is 0.333. The van der Waals surface area contributed by atoms with Crippen LogP contribution in [0.2, 0.25) is 0 Å². The lowest BCUT2D eigenvalue weighted by molar-refractivity contribution is 0.100. The molecule has 0 radical (unpaired) electrons. The number of rotatable bonds is 3. The van der Waals surface area contributed by atoms with E-state index in [0.717, 1.165) is 49.2 Å². The summed E-state index contributed by atoms with van der Waals surface area (Å²) in [6.45, 7) is 0.817. The first kappa shape index (κ1) is 14.6. The largest absolute Gasteiger partial charge is 0.366 e. The minimum atomic E-state index is -0.437. The third kappa shape index (κ3) is 2.29. The second kappa shape index (κ2) is 5.60. The van der Waals surface area contributed by atoms with E-state index in [9.17, 15) is 10.1 Å². The summed E-state index contributed by atoms with van der Waals surface area (Å²) in [5.74, 6) is 0.204. The van der Waals surface area contributed by atoms with E-state index in [1.54, 1.807) is 12.1 Å². The van der Waals surface area contributed by atoms with E-state index in [1.807, 2.05) is 17.0 Å². The van der Waals surface area contributed by atoms with Crippen LogP contribution in [0.5, 0.6) is 0 Å². The maximum Gasteiger partial charge on any atom is 0.248 e. The van der Waals surface area contributed by atoms with Crippen LogP contribution >= 0.6 is 0 Å². The molecule has 1 aromatic carbocycles. The summed E-state index contributed by atoms with van der Waals surface area (Å²) < 4.78 is 0. The Labute approximate surface area is 139 Å². The van der Waals surface area contributed by atoms with E-state index < -0.39 is 5.91 Å². The standard InChI is InChI=1S/C18H17N5O/c19-10-13-8-9-23(13)18-21-15-3-1-2-14(15)16(22-18)11-4-6-12(7-5-11)17(20)24/h4-7,13H,1-3,8-9H2,(H2,20,24). The van der Waals surface area contributed by atoms with E-state index in [-0.39, 0.29) is 6.04 Å². The molecular formula is C18H17N5O. The van der Waals surface area contributed by atoms with Crippen molar-refractivity contribution in [3.63, 3.8) is 0 Å². The fourth-order valence-electron chi connectivity index (χ4n) is 3.34. The van der Waals surface area contributed by atoms with Crippen molar-refractivity contribution < 1.29 is 4.79 Å². The number of aromatic nitrogens is 2. The van der Waals surface area contributed by atoms with E-state index in [1.165, 1.54) is 5.56 Å². The van der Waals surface area contributed by atoms with E-state index >= 15 is 0 Å². The summed E-state index contributed by atoms with van der Waals surface area (Å²) in [6.07, 6.45) is 3.84. The molecule has 24 heavy (non-hydrogen) atoms. The first-order valence-electron chi connectivity index (χ1n) is 8.13. The highest BCUT2D eigenvalue weighted by molar-refractivity contribution is 5.93. The smallest absolute Gasteiger partial charge is 0.248 e. The highest BCUT2D eigenvalue weighted by Gasteiger charge is 2.32. The molecule has 1 aliphatic carbocycles. The Morgan fingerprint density at radius 1 is 1.25 bits per heavy atom. The number of nitrogens with zero attached hydrogens (tertiary/aromatic N) is 4. The molecule has 2 N–H and O–H groups in total. The Kier molecular flexibility index (Phi) is 3.42. The molecule has 4 rings (SSSR count). The molecule has 1 aliphatic heterocycles. The maximum absolute atomic E-state index is 11.3. The highest BCUT2D eigenvalue weighted by atomic mass is 16.1. The van der Waals surface area contributed by atoms with Crippen molar-refractivity contribution in [1.29, 1.82) is 5.26 Å². The van der Waals surface area contributed by atoms with Gasteiger partial charge in [0.1, 0.15) is 6.04 Å². The van der Waals surface area contributed by atoms with Crippen LogP contribution in [0.3, 0.4) is 0 Å². The molecule has 120 valence electrons. The van der Waals surface area contributed by atoms with Crippen molar-refractivity contribution in [1.82, 2.24) is 9.97 Å². The number of hydrogen-bond donors (Lipinski definition) is 1. The topological polar surface area (TPSA) is 95.9 Å². The number of nitriles is 1. The van der Waals surface area contributed by atoms with Gasteiger partial charge in [0.15, 0.2) is 0 Å². The lowest BCUT2D eigenvalue weighted by atomic mass is 10.0. The highest BCUT2D eigenvalue weighted by Crippen LogP contribution is 2.33. The number of anilines is 1. The van der Waals surface area contributed by atoms with Crippen molar-refractivity contribution in [2.45, 2.75) is 31.7 Å². The number of benzene rings is 1. The lowest BCUT2D eigenvalue weighted by Crippen LogP contribution is -2.48. The Balaban J connectivity index is 1.78. The number of amides is 1. The van der Waals surface area contributed by atoms with Gasteiger partial charge in [0, 0.05) is 28.9 Å². The van der Waals surface area contributed by atoms with Crippen LogP contribution in [0.25, 0.3) is 11.3 Å². The minimum absolute atomic E-state index is 0.130. The Morgan fingerprint density at radius 2 is 2.04 bits per heavy atom. The summed E-state index contributed by atoms with van der Waals surface area (Å²) in [4.78, 5) is 22.7. The van der Waals surface area contributed by atoms with Gasteiger partial charge in [-0.05, 0) is 37.8 Å². The molecular weight excluding hydrogens is 302 g/mol. The molecule has 1 saturated heterocycles. The van der Waals surface area contributed by atoms with Gasteiger partial charge in [-0.25, -0.2) is 9.97 Å². The average molecular weight is 319 g/mol. The predicted octanol–water partition coefficient (Wildman–Crippen LogP) is 1.83. The normalized spacial score (nSPS) is 18.6. The van der Waals surface area contributed by atoms with Crippen molar-refractivity contribution in [3.8, 4) is 17.3 Å². The molecule has 2 aromatic rings. The van der Waals surface area contributed by atoms with Crippen molar-refractivity contribution in [2.75, 3.05) is 11.4 Å². The van der Waals surface area contributed by atoms with Crippen LogP contribution in [0.4, 0.5) is 5.95 Å². The zero-order chi connectivity index (χ0) is 16.7. The molecule has 6 heteroatoms. The number of primary amides is 1. The molecule has 2 heterocycles. The molecule has 1 fully saturated rings. The quantitative estimate of drug-likeness (QED) is 0.931. The van der Waals surface area contributed by atoms with Crippen molar-refractivity contribution in [2.24, 2.45) is 5.73 Å². The summed E-state index contributed by atoms with van der Waals surface area (Å²) in [7, 11) is 0. The minimum Gasteiger partial charge on any atom is -0.366 e. The van der Waals surface area contributed by atoms with Crippen LogP contribution < -0.4 is 10.6 Å². The van der Waals surface area contributed by atoms with Gasteiger partial charge >= 0.3 is 0 Å². The fourth-order valence-corrected chi connectivity index (χ4v) is 3.34. The number of hydrogen-bond acceptors (Lipinski definition) is 5. The van der Waals surface area contributed by atoms with E-state index in [2.05, 4.69) is 6.07 Å². The summed E-state index contributed by atoms with van der Waals surface area (Å²) in [5, 5.41) is 9.19. The van der Waals surface area contributed by atoms with Gasteiger partial charge in [-0.3, -0.25) is 4.79 Å². The molecule has 1 amide bonds. The first-order valence-corrected chi connectivity index (χ1v) is 8.13. The Morgan fingerprint density at radius 3 is 2.67 bits per heavy atom. The second-order valence-corrected chi connectivity index (χ2v) is 6.22. The molecule has 1 atom stereocenters. The summed E-state index contributed by atoms with van der Waals surface area (Å²) in [6, 6.07) is 9.37. The van der Waals surface area contributed by atoms with Gasteiger partial charge in [0.25, 0.3) is 0 Å². The van der Waals surface area contributed by atoms with Gasteiger partial charge in [0.05, 0.1) is 11.8 Å². The number of fused-ring (bicyclic) bond motifs is 1. The zero-order valence-corrected chi connectivity index (χ0v) is 13.2. The van der Waals surface area contributed by atoms with Crippen LogP contribution in [0.1, 0.15) is 34.5 Å². The second-order valence-electron chi connectivity index (χ2n) is 6.22. The SMILES string of the molecule is N#CC1CCN1c1nc2c(c(-c3ccc(C(N)=O)cc3)n1)CCC2. The molecule has 0 saturated carbocycles. The molecule has 1 aromatic heterocycles. The van der Waals surface area contributed by atoms with Gasteiger partial charge in [-0.15, -0.1) is 0 Å². The van der Waals surface area contributed by atoms with Crippen LogP contribution in [0.15, 0.2) is 24.3 Å². The van der Waals surface area contributed by atoms with Gasteiger partial charge in [-0.1, -0.05) is 12.1 Å². The average Bonchev–Trinajstić information content (AvgIpc) is 3.02. The zero-order valence-electron chi connectivity index (χ0n) is 13.2. The third-order valence-electron chi connectivity index (χ3n) is 4.79. The van der Waals surface area contributed by atoms with E-state index in [0.29, 0.717) is 11.5 Å². The van der Waals surface area contributed by atoms with Crippen LogP contribution in [0, 0.1) is 11.3 Å². The van der Waals surface area contributed by atoms with Gasteiger partial charge in [-0.2, -0.15) is 5.26 Å². The van der Waals surface area contributed by atoms with Crippen LogP contribution in [-0.4, -0.2) is 28.5 Å². The summed E-state index contributed by atoms with van der Waals surface area (Å²) >= 11 is 0. The molecule has 0 bridgehead atoms. The Hall–Kier alpha value is -2.94. The number of nitrogens with two attached hydrogens (primary N) is 1. The third-order valence-corrected chi connectivity index (χ3v) is 4.79. The number of aryl methyl sites for hydroxylation is 1. The number of carbonyl (C=O) groups is 1. The lowest BCUT2D eigenvalue weighted by Gasteiger charge is -2.36. The Bertz CT molecular complexity index is 853.